The van der Waals surface area contributed by atoms with Crippen molar-refractivity contribution in [2.75, 3.05) is 18.0 Å². The number of benzene rings is 3. The number of piperidine rings is 1. The molecule has 1 saturated heterocycles. The third-order valence-electron chi connectivity index (χ3n) is 6.95. The molecule has 0 unspecified atom stereocenters. The molecule has 0 spiro atoms. The summed E-state index contributed by atoms with van der Waals surface area (Å²) in [6, 6.07) is 19.9. The number of hydrogen-bond donors (Lipinski definition) is 1. The minimum absolute atomic E-state index is 0.135. The van der Waals surface area contributed by atoms with E-state index in [-0.39, 0.29) is 9.77 Å². The van der Waals surface area contributed by atoms with E-state index in [9.17, 15) is 13.2 Å². The summed E-state index contributed by atoms with van der Waals surface area (Å²) < 4.78 is 31.5. The molecule has 1 aromatic heterocycles. The number of sulfonamides is 1. The van der Waals surface area contributed by atoms with Crippen molar-refractivity contribution in [2.45, 2.75) is 44.2 Å². The molecule has 194 valence electrons. The summed E-state index contributed by atoms with van der Waals surface area (Å²) in [5.74, 6) is 0.685. The number of thiazole rings is 1. The molecule has 0 radical (unpaired) electrons. The van der Waals surface area contributed by atoms with E-state index in [0.29, 0.717) is 27.7 Å². The van der Waals surface area contributed by atoms with Crippen molar-refractivity contribution >= 4 is 48.9 Å². The van der Waals surface area contributed by atoms with Gasteiger partial charge in [0.15, 0.2) is 0 Å². The van der Waals surface area contributed by atoms with Crippen molar-refractivity contribution < 1.29 is 8.42 Å². The van der Waals surface area contributed by atoms with Crippen LogP contribution in [-0.2, 0) is 16.6 Å². The molecule has 1 fully saturated rings. The highest BCUT2D eigenvalue weighted by Crippen LogP contribution is 2.27. The van der Waals surface area contributed by atoms with Crippen LogP contribution in [0.4, 0.5) is 5.69 Å². The maximum atomic E-state index is 13.2. The Labute approximate surface area is 226 Å². The fourth-order valence-electron chi connectivity index (χ4n) is 4.90. The summed E-state index contributed by atoms with van der Waals surface area (Å²) in [6.07, 6.45) is 2.46. The molecule has 1 aliphatic heterocycles. The van der Waals surface area contributed by atoms with Crippen molar-refractivity contribution in [3.05, 3.63) is 92.5 Å². The van der Waals surface area contributed by atoms with Gasteiger partial charge in [-0.05, 0) is 79.3 Å². The van der Waals surface area contributed by atoms with Gasteiger partial charge >= 0.3 is 4.87 Å². The van der Waals surface area contributed by atoms with Gasteiger partial charge in [-0.1, -0.05) is 54.1 Å². The van der Waals surface area contributed by atoms with Crippen molar-refractivity contribution in [3.63, 3.8) is 0 Å². The lowest BCUT2D eigenvalue weighted by atomic mass is 9.99. The molecule has 2 atom stereocenters. The predicted molar refractivity (Wildman–Crippen MR) is 152 cm³/mol. The fraction of sp³-hybridized carbons (Fsp3) is 0.321. The van der Waals surface area contributed by atoms with Gasteiger partial charge in [-0.25, -0.2) is 13.1 Å². The second-order valence-corrected chi connectivity index (χ2v) is 13.0. The van der Waals surface area contributed by atoms with Gasteiger partial charge in [0.05, 0.1) is 21.7 Å². The van der Waals surface area contributed by atoms with E-state index in [0.717, 1.165) is 35.6 Å². The zero-order chi connectivity index (χ0) is 26.2. The third-order valence-corrected chi connectivity index (χ3v) is 9.68. The lowest BCUT2D eigenvalue weighted by molar-refractivity contribution is 0.447. The van der Waals surface area contributed by atoms with E-state index in [1.54, 1.807) is 34.9 Å². The number of nitrogens with one attached hydrogen (secondary N) is 1. The van der Waals surface area contributed by atoms with Crippen molar-refractivity contribution in [3.8, 4) is 0 Å². The number of hydrogen-bond acceptors (Lipinski definition) is 5. The van der Waals surface area contributed by atoms with E-state index in [2.05, 4.69) is 28.7 Å². The van der Waals surface area contributed by atoms with Crippen LogP contribution in [0, 0.1) is 5.92 Å². The molecule has 0 aliphatic carbocycles. The van der Waals surface area contributed by atoms with Gasteiger partial charge in [-0.3, -0.25) is 9.36 Å². The van der Waals surface area contributed by atoms with Crippen LogP contribution in [0.3, 0.4) is 0 Å². The van der Waals surface area contributed by atoms with Gasteiger partial charge in [-0.15, -0.1) is 0 Å². The van der Waals surface area contributed by atoms with Gasteiger partial charge in [0, 0.05) is 29.8 Å². The van der Waals surface area contributed by atoms with Crippen LogP contribution in [0.2, 0.25) is 5.02 Å². The summed E-state index contributed by atoms with van der Waals surface area (Å²) in [6.45, 7) is 6.63. The van der Waals surface area contributed by atoms with Crippen molar-refractivity contribution in [1.29, 1.82) is 0 Å². The highest BCUT2D eigenvalue weighted by Gasteiger charge is 2.21. The Hall–Kier alpha value is -2.65. The normalized spacial score (nSPS) is 17.3. The van der Waals surface area contributed by atoms with Crippen LogP contribution >= 0.6 is 22.9 Å². The maximum absolute atomic E-state index is 13.2. The molecule has 2 heterocycles. The maximum Gasteiger partial charge on any atom is 0.308 e. The first kappa shape index (κ1) is 26.0. The molecule has 0 bridgehead atoms. The Bertz CT molecular complexity index is 1560. The zero-order valence-electron chi connectivity index (χ0n) is 20.9. The Morgan fingerprint density at radius 2 is 1.81 bits per heavy atom. The van der Waals surface area contributed by atoms with Gasteiger partial charge in [0.1, 0.15) is 0 Å². The fourth-order valence-corrected chi connectivity index (χ4v) is 7.29. The van der Waals surface area contributed by atoms with Crippen LogP contribution in [0.1, 0.15) is 43.9 Å². The molecular formula is C28H30ClN3O3S2. The average Bonchev–Trinajstić information content (AvgIpc) is 3.19. The molecule has 6 nitrogen and oxygen atoms in total. The predicted octanol–water partition coefficient (Wildman–Crippen LogP) is 6.04. The second-order valence-electron chi connectivity index (χ2n) is 9.84. The Balaban J connectivity index is 1.32. The summed E-state index contributed by atoms with van der Waals surface area (Å²) in [5, 5.41) is 0.635. The minimum Gasteiger partial charge on any atom is -0.371 e. The van der Waals surface area contributed by atoms with Crippen LogP contribution < -0.4 is 14.5 Å². The molecule has 3 aromatic carbocycles. The lowest BCUT2D eigenvalue weighted by Gasteiger charge is -2.33. The molecule has 9 heteroatoms. The molecule has 0 saturated carbocycles. The van der Waals surface area contributed by atoms with Crippen LogP contribution in [-0.4, -0.2) is 26.1 Å². The summed E-state index contributed by atoms with van der Waals surface area (Å²) >= 11 is 7.01. The number of rotatable bonds is 7. The summed E-state index contributed by atoms with van der Waals surface area (Å²) in [4.78, 5) is 15.1. The third kappa shape index (κ3) is 5.77. The van der Waals surface area contributed by atoms with Crippen LogP contribution in [0.15, 0.2) is 76.4 Å². The first-order valence-corrected chi connectivity index (χ1v) is 15.1. The molecule has 5 rings (SSSR count). The molecule has 0 amide bonds. The Morgan fingerprint density at radius 3 is 2.51 bits per heavy atom. The molecule has 37 heavy (non-hydrogen) atoms. The van der Waals surface area contributed by atoms with E-state index in [1.807, 2.05) is 31.2 Å². The molecular weight excluding hydrogens is 526 g/mol. The van der Waals surface area contributed by atoms with Crippen LogP contribution in [0.25, 0.3) is 10.2 Å². The average molecular weight is 556 g/mol. The number of fused-ring (bicyclic) bond motifs is 1. The van der Waals surface area contributed by atoms with Gasteiger partial charge < -0.3 is 4.90 Å². The number of halogens is 1. The Morgan fingerprint density at radius 1 is 1.08 bits per heavy atom. The van der Waals surface area contributed by atoms with Crippen LogP contribution in [0.5, 0.6) is 0 Å². The highest BCUT2D eigenvalue weighted by molar-refractivity contribution is 7.89. The lowest BCUT2D eigenvalue weighted by Crippen LogP contribution is -2.34. The highest BCUT2D eigenvalue weighted by atomic mass is 35.5. The summed E-state index contributed by atoms with van der Waals surface area (Å²) in [7, 11) is -3.78. The van der Waals surface area contributed by atoms with E-state index >= 15 is 0 Å². The van der Waals surface area contributed by atoms with Crippen molar-refractivity contribution in [2.24, 2.45) is 5.92 Å². The van der Waals surface area contributed by atoms with E-state index in [1.165, 1.54) is 18.5 Å². The van der Waals surface area contributed by atoms with Gasteiger partial charge in [0.2, 0.25) is 10.0 Å². The van der Waals surface area contributed by atoms with Gasteiger partial charge in [-0.2, -0.15) is 0 Å². The van der Waals surface area contributed by atoms with Gasteiger partial charge in [0.25, 0.3) is 0 Å². The standard InChI is InChI=1S/C28H30ClN3O3S2/c1-19-4-3-15-31(17-19)24-11-7-22(8-12-24)20(2)30-37(34,35)25-13-14-26-27(16-25)36-28(33)32(26)18-21-5-9-23(29)10-6-21/h5-14,16,19-20,30H,3-4,15,17-18H2,1-2H3/t19-,20+/m0/s1. The first-order valence-electron chi connectivity index (χ1n) is 12.4. The van der Waals surface area contributed by atoms with Crippen molar-refractivity contribution in [1.82, 2.24) is 9.29 Å². The number of nitrogens with zero attached hydrogens (tertiary/aromatic N) is 2. The topological polar surface area (TPSA) is 71.4 Å². The largest absolute Gasteiger partial charge is 0.371 e. The Kier molecular flexibility index (Phi) is 7.45. The summed E-state index contributed by atoms with van der Waals surface area (Å²) in [5.41, 5.74) is 3.73. The zero-order valence-corrected chi connectivity index (χ0v) is 23.2. The SMILES string of the molecule is C[C@H]1CCCN(c2ccc([C@@H](C)NS(=O)(=O)c3ccc4c(c3)sc(=O)n4Cc3ccc(Cl)cc3)cc2)C1. The van der Waals surface area contributed by atoms with E-state index < -0.39 is 16.1 Å². The second kappa shape index (κ2) is 10.6. The van der Waals surface area contributed by atoms with E-state index in [4.69, 9.17) is 11.6 Å². The first-order chi connectivity index (χ1) is 17.7. The molecule has 1 aliphatic rings. The minimum atomic E-state index is -3.78. The number of anilines is 1. The molecule has 4 aromatic rings. The monoisotopic (exact) mass is 555 g/mol. The number of aromatic nitrogens is 1. The molecule has 1 N–H and O–H groups in total. The quantitative estimate of drug-likeness (QED) is 0.302. The smallest absolute Gasteiger partial charge is 0.308 e.